The average molecular weight is 349 g/mol. The van der Waals surface area contributed by atoms with Gasteiger partial charge < -0.3 is 9.05 Å². The molecule has 0 radical (unpaired) electrons. The van der Waals surface area contributed by atoms with Crippen LogP contribution in [0.15, 0.2) is 0 Å². The predicted octanol–water partition coefficient (Wildman–Crippen LogP) is 7.34. The van der Waals surface area contributed by atoms with E-state index in [-0.39, 0.29) is 12.2 Å². The first kappa shape index (κ1) is 23.1. The predicted molar refractivity (Wildman–Crippen MR) is 101 cm³/mol. The molecule has 2 atom stereocenters. The van der Waals surface area contributed by atoms with Gasteiger partial charge in [-0.15, -0.1) is 0 Å². The van der Waals surface area contributed by atoms with E-state index in [4.69, 9.17) is 9.05 Å². The van der Waals surface area contributed by atoms with Gasteiger partial charge in [-0.3, -0.25) is 4.57 Å². The minimum atomic E-state index is -2.93. The van der Waals surface area contributed by atoms with E-state index in [1.165, 1.54) is 51.4 Å². The summed E-state index contributed by atoms with van der Waals surface area (Å²) in [6, 6.07) is 0. The molecule has 0 aromatic carbocycles. The van der Waals surface area contributed by atoms with Crippen molar-refractivity contribution >= 4 is 7.60 Å². The summed E-state index contributed by atoms with van der Waals surface area (Å²) < 4.78 is 23.8. The summed E-state index contributed by atoms with van der Waals surface area (Å²) in [5, 5.41) is 0. The van der Waals surface area contributed by atoms with Gasteiger partial charge in [0.15, 0.2) is 0 Å². The van der Waals surface area contributed by atoms with E-state index < -0.39 is 7.60 Å². The van der Waals surface area contributed by atoms with Gasteiger partial charge in [-0.05, 0) is 26.7 Å². The normalized spacial score (nSPS) is 16.9. The van der Waals surface area contributed by atoms with Crippen LogP contribution in [0.1, 0.15) is 105 Å². The van der Waals surface area contributed by atoms with Gasteiger partial charge in [0.25, 0.3) is 0 Å². The molecule has 4 heteroatoms. The summed E-state index contributed by atoms with van der Waals surface area (Å²) in [6.45, 7) is 10.1. The molecule has 0 aliphatic heterocycles. The lowest BCUT2D eigenvalue weighted by atomic mass is 10.1. The Hall–Kier alpha value is 0.150. The summed E-state index contributed by atoms with van der Waals surface area (Å²) in [4.78, 5) is 0. The Labute approximate surface area is 145 Å². The number of hydrogen-bond donors (Lipinski definition) is 0. The van der Waals surface area contributed by atoms with Crippen LogP contribution >= 0.6 is 7.60 Å². The average Bonchev–Trinajstić information content (AvgIpc) is 2.45. The van der Waals surface area contributed by atoms with Crippen LogP contribution in [0.4, 0.5) is 0 Å². The maximum atomic E-state index is 12.5. The van der Waals surface area contributed by atoms with Crippen LogP contribution in [0.3, 0.4) is 0 Å². The van der Waals surface area contributed by atoms with Crippen molar-refractivity contribution in [3.8, 4) is 0 Å². The highest BCUT2D eigenvalue weighted by Crippen LogP contribution is 2.47. The lowest BCUT2D eigenvalue weighted by molar-refractivity contribution is 0.120. The van der Waals surface area contributed by atoms with Crippen LogP contribution in [0, 0.1) is 0 Å². The Morgan fingerprint density at radius 2 is 1.04 bits per heavy atom. The van der Waals surface area contributed by atoms with Crippen LogP contribution in [0.5, 0.6) is 0 Å². The Morgan fingerprint density at radius 1 is 0.696 bits per heavy atom. The second kappa shape index (κ2) is 14.5. The number of hydrogen-bond acceptors (Lipinski definition) is 3. The minimum Gasteiger partial charge on any atom is -0.306 e. The van der Waals surface area contributed by atoms with Gasteiger partial charge in [-0.2, -0.15) is 0 Å². The van der Waals surface area contributed by atoms with Gasteiger partial charge in [-0.1, -0.05) is 78.1 Å². The highest BCUT2D eigenvalue weighted by molar-refractivity contribution is 7.53. The lowest BCUT2D eigenvalue weighted by Crippen LogP contribution is -2.12. The second-order valence-corrected chi connectivity index (χ2v) is 8.97. The molecule has 140 valence electrons. The van der Waals surface area contributed by atoms with E-state index in [9.17, 15) is 4.57 Å². The topological polar surface area (TPSA) is 35.5 Å². The van der Waals surface area contributed by atoms with Crippen LogP contribution in [-0.2, 0) is 13.6 Å². The summed E-state index contributed by atoms with van der Waals surface area (Å²) in [6.07, 6.45) is 14.5. The number of rotatable bonds is 16. The smallest absolute Gasteiger partial charge is 0.306 e. The minimum absolute atomic E-state index is 0.0178. The van der Waals surface area contributed by atoms with Crippen molar-refractivity contribution in [1.82, 2.24) is 0 Å². The van der Waals surface area contributed by atoms with E-state index in [0.717, 1.165) is 25.7 Å². The van der Waals surface area contributed by atoms with E-state index in [2.05, 4.69) is 13.8 Å². The van der Waals surface area contributed by atoms with Crippen LogP contribution in [0.2, 0.25) is 0 Å². The Morgan fingerprint density at radius 3 is 1.39 bits per heavy atom. The largest absolute Gasteiger partial charge is 0.328 e. The lowest BCUT2D eigenvalue weighted by Gasteiger charge is -2.22. The van der Waals surface area contributed by atoms with E-state index in [0.29, 0.717) is 0 Å². The van der Waals surface area contributed by atoms with Crippen molar-refractivity contribution in [2.75, 3.05) is 6.66 Å². The molecule has 0 rings (SSSR count). The van der Waals surface area contributed by atoms with Crippen molar-refractivity contribution in [2.45, 2.75) is 117 Å². The molecule has 0 spiro atoms. The van der Waals surface area contributed by atoms with Crippen molar-refractivity contribution in [2.24, 2.45) is 0 Å². The molecule has 0 aliphatic rings. The van der Waals surface area contributed by atoms with Crippen LogP contribution in [0.25, 0.3) is 0 Å². The molecule has 0 aromatic heterocycles. The van der Waals surface area contributed by atoms with Crippen molar-refractivity contribution in [1.29, 1.82) is 0 Å². The standard InChI is InChI=1S/C19H41O3P/c1-6-8-10-12-14-16-18(3)21-23(5,20)22-19(4)17-15-13-11-9-7-2/h18-19H,6-17H2,1-5H3. The first-order valence-electron chi connectivity index (χ1n) is 9.85. The van der Waals surface area contributed by atoms with Gasteiger partial charge >= 0.3 is 7.60 Å². The fourth-order valence-corrected chi connectivity index (χ4v) is 4.42. The molecule has 0 heterocycles. The zero-order valence-corrected chi connectivity index (χ0v) is 17.2. The number of unbranched alkanes of at least 4 members (excludes halogenated alkanes) is 8. The van der Waals surface area contributed by atoms with Gasteiger partial charge in [0, 0.05) is 6.66 Å². The molecule has 0 N–H and O–H groups in total. The third-order valence-corrected chi connectivity index (χ3v) is 5.66. The molecule has 0 saturated carbocycles. The SMILES string of the molecule is CCCCCCCC(C)OP(C)(=O)OC(C)CCCCCCC. The molecule has 2 unspecified atom stereocenters. The summed E-state index contributed by atoms with van der Waals surface area (Å²) in [5.74, 6) is 0. The Kier molecular flexibility index (Phi) is 14.6. The Balaban J connectivity index is 3.81. The first-order chi connectivity index (χ1) is 10.9. The third-order valence-electron chi connectivity index (χ3n) is 4.17. The van der Waals surface area contributed by atoms with E-state index >= 15 is 0 Å². The van der Waals surface area contributed by atoms with Crippen LogP contribution < -0.4 is 0 Å². The summed E-state index contributed by atoms with van der Waals surface area (Å²) in [5.41, 5.74) is 0. The van der Waals surface area contributed by atoms with Crippen molar-refractivity contribution in [3.63, 3.8) is 0 Å². The molecule has 0 bridgehead atoms. The molecule has 23 heavy (non-hydrogen) atoms. The molecule has 0 amide bonds. The molecule has 0 aromatic rings. The van der Waals surface area contributed by atoms with Gasteiger partial charge in [-0.25, -0.2) is 0 Å². The van der Waals surface area contributed by atoms with Crippen LogP contribution in [-0.4, -0.2) is 18.9 Å². The van der Waals surface area contributed by atoms with Crippen molar-refractivity contribution < 1.29 is 13.6 Å². The zero-order chi connectivity index (χ0) is 17.6. The maximum Gasteiger partial charge on any atom is 0.328 e. The second-order valence-electron chi connectivity index (χ2n) is 7.01. The van der Waals surface area contributed by atoms with E-state index in [1.807, 2.05) is 13.8 Å². The molecule has 0 aliphatic carbocycles. The molecule has 0 fully saturated rings. The monoisotopic (exact) mass is 348 g/mol. The zero-order valence-electron chi connectivity index (χ0n) is 16.3. The van der Waals surface area contributed by atoms with Gasteiger partial charge in [0.1, 0.15) is 0 Å². The first-order valence-corrected chi connectivity index (χ1v) is 11.8. The van der Waals surface area contributed by atoms with Crippen molar-refractivity contribution in [3.05, 3.63) is 0 Å². The Bertz CT molecular complexity index is 281. The third kappa shape index (κ3) is 15.4. The highest BCUT2D eigenvalue weighted by Gasteiger charge is 2.23. The highest BCUT2D eigenvalue weighted by atomic mass is 31.2. The maximum absolute atomic E-state index is 12.5. The van der Waals surface area contributed by atoms with E-state index in [1.54, 1.807) is 6.66 Å². The van der Waals surface area contributed by atoms with Gasteiger partial charge in [0.05, 0.1) is 12.2 Å². The fourth-order valence-electron chi connectivity index (χ4n) is 2.85. The molecule has 3 nitrogen and oxygen atoms in total. The molecule has 0 saturated heterocycles. The van der Waals surface area contributed by atoms with Gasteiger partial charge in [0.2, 0.25) is 0 Å². The fraction of sp³-hybridized carbons (Fsp3) is 1.00. The molecular formula is C19H41O3P. The molecular weight excluding hydrogens is 307 g/mol. The summed E-state index contributed by atoms with van der Waals surface area (Å²) in [7, 11) is -2.93. The summed E-state index contributed by atoms with van der Waals surface area (Å²) >= 11 is 0. The quantitative estimate of drug-likeness (QED) is 0.216.